The van der Waals surface area contributed by atoms with Crippen molar-refractivity contribution in [3.63, 3.8) is 0 Å². The average molecular weight is 187 g/mol. The van der Waals surface area contributed by atoms with Crippen LogP contribution in [0.5, 0.6) is 0 Å². The van der Waals surface area contributed by atoms with Crippen molar-refractivity contribution in [2.24, 2.45) is 5.41 Å². The van der Waals surface area contributed by atoms with Crippen molar-refractivity contribution in [1.82, 2.24) is 5.32 Å². The lowest BCUT2D eigenvalue weighted by Crippen LogP contribution is -2.56. The Kier molecular flexibility index (Phi) is 3.27. The predicted octanol–water partition coefficient (Wildman–Crippen LogP) is 0.174. The van der Waals surface area contributed by atoms with Crippen molar-refractivity contribution in [2.45, 2.75) is 19.9 Å². The zero-order chi connectivity index (χ0) is 9.90. The molecule has 0 radical (unpaired) electrons. The lowest BCUT2D eigenvalue weighted by atomic mass is 9.86. The van der Waals surface area contributed by atoms with Gasteiger partial charge in [0, 0.05) is 12.6 Å². The molecule has 0 unspecified atom stereocenters. The lowest BCUT2D eigenvalue weighted by molar-refractivity contribution is -0.182. The van der Waals surface area contributed by atoms with Gasteiger partial charge in [0.15, 0.2) is 0 Å². The quantitative estimate of drug-likeness (QED) is 0.637. The minimum Gasteiger partial charge on any atom is -0.468 e. The number of ether oxygens (including phenoxy) is 2. The van der Waals surface area contributed by atoms with Crippen LogP contribution in [0.25, 0.3) is 0 Å². The fraction of sp³-hybridized carbons (Fsp3) is 0.889. The molecule has 4 heteroatoms. The highest BCUT2D eigenvalue weighted by atomic mass is 16.5. The normalized spacial score (nSPS) is 19.7. The van der Waals surface area contributed by atoms with Crippen LogP contribution in [0.1, 0.15) is 13.8 Å². The number of carbonyl (C=O) groups excluding carboxylic acids is 1. The van der Waals surface area contributed by atoms with E-state index in [1.165, 1.54) is 7.11 Å². The van der Waals surface area contributed by atoms with Gasteiger partial charge in [0.05, 0.1) is 20.3 Å². The largest absolute Gasteiger partial charge is 0.468 e. The Labute approximate surface area is 78.6 Å². The van der Waals surface area contributed by atoms with E-state index in [0.29, 0.717) is 25.8 Å². The van der Waals surface area contributed by atoms with Crippen molar-refractivity contribution >= 4 is 5.97 Å². The second kappa shape index (κ2) is 4.07. The van der Waals surface area contributed by atoms with Crippen molar-refractivity contribution in [3.05, 3.63) is 0 Å². The molecule has 1 fully saturated rings. The predicted molar refractivity (Wildman–Crippen MR) is 48.4 cm³/mol. The molecule has 1 N–H and O–H groups in total. The van der Waals surface area contributed by atoms with Crippen LogP contribution < -0.4 is 5.32 Å². The highest BCUT2D eigenvalue weighted by Crippen LogP contribution is 2.28. The first kappa shape index (κ1) is 10.5. The summed E-state index contributed by atoms with van der Waals surface area (Å²) in [4.78, 5) is 11.4. The molecular formula is C9H17NO3. The molecule has 76 valence electrons. The van der Waals surface area contributed by atoms with Crippen LogP contribution in [-0.4, -0.2) is 38.9 Å². The SMILES string of the molecule is COC(=O)C1(CNC(C)C)COC1. The molecule has 1 saturated heterocycles. The number of hydrogen-bond donors (Lipinski definition) is 1. The van der Waals surface area contributed by atoms with Gasteiger partial charge >= 0.3 is 5.97 Å². The number of nitrogens with one attached hydrogen (secondary N) is 1. The first-order valence-electron chi connectivity index (χ1n) is 4.50. The number of methoxy groups -OCH3 is 1. The van der Waals surface area contributed by atoms with Crippen molar-refractivity contribution in [2.75, 3.05) is 26.9 Å². The van der Waals surface area contributed by atoms with E-state index in [1.54, 1.807) is 0 Å². The maximum atomic E-state index is 11.4. The molecule has 1 heterocycles. The number of rotatable bonds is 4. The minimum absolute atomic E-state index is 0.174. The molecule has 0 atom stereocenters. The Morgan fingerprint density at radius 2 is 2.23 bits per heavy atom. The molecular weight excluding hydrogens is 170 g/mol. The second-order valence-electron chi connectivity index (χ2n) is 3.80. The van der Waals surface area contributed by atoms with Crippen LogP contribution in [0, 0.1) is 5.41 Å². The van der Waals surface area contributed by atoms with E-state index in [4.69, 9.17) is 9.47 Å². The summed E-state index contributed by atoms with van der Waals surface area (Å²) >= 11 is 0. The monoisotopic (exact) mass is 187 g/mol. The molecule has 0 aromatic heterocycles. The van der Waals surface area contributed by atoms with Gasteiger partial charge in [-0.2, -0.15) is 0 Å². The summed E-state index contributed by atoms with van der Waals surface area (Å²) in [5.41, 5.74) is -0.432. The third kappa shape index (κ3) is 2.19. The Morgan fingerprint density at radius 1 is 1.62 bits per heavy atom. The van der Waals surface area contributed by atoms with Gasteiger partial charge in [0.2, 0.25) is 0 Å². The highest BCUT2D eigenvalue weighted by molar-refractivity contribution is 5.78. The first-order valence-corrected chi connectivity index (χ1v) is 4.50. The summed E-state index contributed by atoms with van der Waals surface area (Å²) < 4.78 is 9.78. The molecule has 13 heavy (non-hydrogen) atoms. The zero-order valence-corrected chi connectivity index (χ0v) is 8.42. The highest BCUT2D eigenvalue weighted by Gasteiger charge is 2.46. The Morgan fingerprint density at radius 3 is 2.54 bits per heavy atom. The molecule has 1 rings (SSSR count). The van der Waals surface area contributed by atoms with Crippen LogP contribution >= 0.6 is 0 Å². The van der Waals surface area contributed by atoms with Crippen LogP contribution in [-0.2, 0) is 14.3 Å². The molecule has 0 amide bonds. The second-order valence-corrected chi connectivity index (χ2v) is 3.80. The standard InChI is InChI=1S/C9H17NO3/c1-7(2)10-4-9(5-13-6-9)8(11)12-3/h7,10H,4-6H2,1-3H3. The van der Waals surface area contributed by atoms with Crippen LogP contribution in [0.3, 0.4) is 0 Å². The fourth-order valence-corrected chi connectivity index (χ4v) is 1.26. The summed E-state index contributed by atoms with van der Waals surface area (Å²) in [5.74, 6) is -0.174. The lowest BCUT2D eigenvalue weighted by Gasteiger charge is -2.39. The van der Waals surface area contributed by atoms with Gasteiger partial charge < -0.3 is 14.8 Å². The summed E-state index contributed by atoms with van der Waals surface area (Å²) in [6.45, 7) is 5.67. The van der Waals surface area contributed by atoms with Crippen molar-refractivity contribution in [1.29, 1.82) is 0 Å². The van der Waals surface area contributed by atoms with E-state index in [0.717, 1.165) is 0 Å². The number of esters is 1. The summed E-state index contributed by atoms with van der Waals surface area (Å²) in [6, 6.07) is 0.377. The molecule has 1 aliphatic heterocycles. The van der Waals surface area contributed by atoms with Gasteiger partial charge in [0.25, 0.3) is 0 Å². The van der Waals surface area contributed by atoms with E-state index in [2.05, 4.69) is 5.32 Å². The summed E-state index contributed by atoms with van der Waals surface area (Å²) in [5, 5.41) is 3.22. The van der Waals surface area contributed by atoms with Gasteiger partial charge in [0.1, 0.15) is 5.41 Å². The third-order valence-corrected chi connectivity index (χ3v) is 2.22. The smallest absolute Gasteiger partial charge is 0.317 e. The minimum atomic E-state index is -0.432. The molecule has 0 bridgehead atoms. The molecule has 0 aromatic carbocycles. The van der Waals surface area contributed by atoms with Crippen molar-refractivity contribution in [3.8, 4) is 0 Å². The molecule has 0 aromatic rings. The molecule has 4 nitrogen and oxygen atoms in total. The summed E-state index contributed by atoms with van der Waals surface area (Å²) in [7, 11) is 1.41. The van der Waals surface area contributed by atoms with E-state index in [9.17, 15) is 4.79 Å². The van der Waals surface area contributed by atoms with E-state index >= 15 is 0 Å². The van der Waals surface area contributed by atoms with Gasteiger partial charge in [-0.15, -0.1) is 0 Å². The van der Waals surface area contributed by atoms with Crippen LogP contribution in [0.15, 0.2) is 0 Å². The van der Waals surface area contributed by atoms with Crippen molar-refractivity contribution < 1.29 is 14.3 Å². The van der Waals surface area contributed by atoms with E-state index in [-0.39, 0.29) is 5.97 Å². The Balaban J connectivity index is 2.45. The summed E-state index contributed by atoms with van der Waals surface area (Å²) in [6.07, 6.45) is 0. The number of carbonyl (C=O) groups is 1. The first-order chi connectivity index (χ1) is 6.10. The molecule has 1 aliphatic rings. The fourth-order valence-electron chi connectivity index (χ4n) is 1.26. The Bertz CT molecular complexity index is 187. The zero-order valence-electron chi connectivity index (χ0n) is 8.42. The topological polar surface area (TPSA) is 47.6 Å². The van der Waals surface area contributed by atoms with Gasteiger partial charge in [-0.1, -0.05) is 13.8 Å². The Hall–Kier alpha value is -0.610. The average Bonchev–Trinajstić information content (AvgIpc) is 2.01. The van der Waals surface area contributed by atoms with Crippen LogP contribution in [0.2, 0.25) is 0 Å². The molecule has 0 spiro atoms. The maximum absolute atomic E-state index is 11.4. The van der Waals surface area contributed by atoms with Gasteiger partial charge in [-0.25, -0.2) is 0 Å². The van der Waals surface area contributed by atoms with Gasteiger partial charge in [-0.05, 0) is 0 Å². The van der Waals surface area contributed by atoms with E-state index in [1.807, 2.05) is 13.8 Å². The molecule has 0 saturated carbocycles. The maximum Gasteiger partial charge on any atom is 0.317 e. The van der Waals surface area contributed by atoms with E-state index < -0.39 is 5.41 Å². The van der Waals surface area contributed by atoms with Crippen LogP contribution in [0.4, 0.5) is 0 Å². The third-order valence-electron chi connectivity index (χ3n) is 2.22. The van der Waals surface area contributed by atoms with Gasteiger partial charge in [-0.3, -0.25) is 4.79 Å². The molecule has 0 aliphatic carbocycles. The number of hydrogen-bond acceptors (Lipinski definition) is 4.